The number of halogens is 2. The summed E-state index contributed by atoms with van der Waals surface area (Å²) >= 11 is 0. The molecule has 46 heavy (non-hydrogen) atoms. The fourth-order valence-corrected chi connectivity index (χ4v) is 6.13. The molecule has 0 saturated carbocycles. The number of imidazole rings is 1. The first-order valence-electron chi connectivity index (χ1n) is 15.0. The van der Waals surface area contributed by atoms with Gasteiger partial charge < -0.3 is 14.0 Å². The quantitative estimate of drug-likeness (QED) is 0.154. The van der Waals surface area contributed by atoms with E-state index in [1.54, 1.807) is 24.3 Å². The highest BCUT2D eigenvalue weighted by Gasteiger charge is 2.43. The number of primary sulfonamides is 1. The summed E-state index contributed by atoms with van der Waals surface area (Å²) in [6.45, 7) is 4.15. The van der Waals surface area contributed by atoms with Gasteiger partial charge in [-0.3, -0.25) is 4.90 Å². The standard InChI is InChI=1S/C35H34F2N4O4S/c1-2-3-20-41-30(33(27-10-6-4-7-11-27)39-34(41)28-12-8-5-9-13-28)24-40(22-25-14-17-29(18-15-25)46(38,42)43)23-26-16-19-31-32(21-26)45-35(36,37)44-31/h4-19,21H,2-3,20,22-24H2,1H3,(H2,38,42,43). The molecular weight excluding hydrogens is 610 g/mol. The van der Waals surface area contributed by atoms with Crippen LogP contribution in [-0.4, -0.2) is 29.2 Å². The Morgan fingerprint density at radius 1 is 0.804 bits per heavy atom. The van der Waals surface area contributed by atoms with Crippen LogP contribution < -0.4 is 14.6 Å². The second-order valence-corrected chi connectivity index (χ2v) is 12.8. The van der Waals surface area contributed by atoms with E-state index in [4.69, 9.17) is 14.9 Å². The van der Waals surface area contributed by atoms with Gasteiger partial charge in [0.15, 0.2) is 11.5 Å². The number of sulfonamides is 1. The van der Waals surface area contributed by atoms with Gasteiger partial charge in [-0.25, -0.2) is 18.5 Å². The Kier molecular flexibility index (Phi) is 8.90. The van der Waals surface area contributed by atoms with E-state index >= 15 is 0 Å². The maximum Gasteiger partial charge on any atom is 0.586 e. The van der Waals surface area contributed by atoms with Gasteiger partial charge in [0.05, 0.1) is 16.3 Å². The fraction of sp³-hybridized carbons (Fsp3) is 0.229. The molecule has 11 heteroatoms. The van der Waals surface area contributed by atoms with Crippen molar-refractivity contribution in [1.29, 1.82) is 0 Å². The van der Waals surface area contributed by atoms with E-state index in [0.717, 1.165) is 58.9 Å². The van der Waals surface area contributed by atoms with E-state index in [2.05, 4.69) is 33.3 Å². The van der Waals surface area contributed by atoms with Gasteiger partial charge in [0.2, 0.25) is 10.0 Å². The largest absolute Gasteiger partial charge is 0.586 e. The Bertz CT molecular complexity index is 1920. The Hall–Kier alpha value is -4.58. The second kappa shape index (κ2) is 13.0. The van der Waals surface area contributed by atoms with Crippen LogP contribution in [0.25, 0.3) is 22.6 Å². The Balaban J connectivity index is 1.43. The molecule has 0 saturated heterocycles. The van der Waals surface area contributed by atoms with E-state index < -0.39 is 16.3 Å². The Morgan fingerprint density at radius 2 is 1.41 bits per heavy atom. The lowest BCUT2D eigenvalue weighted by Crippen LogP contribution is -2.26. The summed E-state index contributed by atoms with van der Waals surface area (Å²) in [6.07, 6.45) is -1.77. The number of aromatic nitrogens is 2. The minimum Gasteiger partial charge on any atom is -0.395 e. The van der Waals surface area contributed by atoms with Crippen LogP contribution in [-0.2, 0) is 36.2 Å². The van der Waals surface area contributed by atoms with Gasteiger partial charge in [0.25, 0.3) is 0 Å². The lowest BCUT2D eigenvalue weighted by Gasteiger charge is -2.25. The lowest BCUT2D eigenvalue weighted by molar-refractivity contribution is -0.286. The number of nitrogens with zero attached hydrogens (tertiary/aromatic N) is 3. The number of hydrogen-bond donors (Lipinski definition) is 1. The van der Waals surface area contributed by atoms with Crippen LogP contribution in [0, 0.1) is 0 Å². The van der Waals surface area contributed by atoms with E-state index in [0.29, 0.717) is 19.6 Å². The minimum absolute atomic E-state index is 0.0182. The zero-order chi connectivity index (χ0) is 32.3. The number of rotatable bonds is 12. The number of hydrogen-bond acceptors (Lipinski definition) is 6. The molecule has 1 aromatic heterocycles. The molecule has 1 aliphatic rings. The van der Waals surface area contributed by atoms with Crippen LogP contribution in [0.3, 0.4) is 0 Å². The summed E-state index contributed by atoms with van der Waals surface area (Å²) < 4.78 is 63.0. The summed E-state index contributed by atoms with van der Waals surface area (Å²) in [5, 5.41) is 5.33. The van der Waals surface area contributed by atoms with Crippen molar-refractivity contribution >= 4 is 10.0 Å². The molecule has 2 N–H and O–H groups in total. The molecule has 5 aromatic rings. The van der Waals surface area contributed by atoms with Crippen molar-refractivity contribution in [2.24, 2.45) is 5.14 Å². The summed E-state index contributed by atoms with van der Waals surface area (Å²) in [6, 6.07) is 31.3. The molecule has 0 unspecified atom stereocenters. The first kappa shape index (κ1) is 31.4. The first-order chi connectivity index (χ1) is 22.1. The topological polar surface area (TPSA) is 99.7 Å². The number of alkyl halides is 2. The number of fused-ring (bicyclic) bond motifs is 1. The van der Waals surface area contributed by atoms with Crippen molar-refractivity contribution in [3.63, 3.8) is 0 Å². The fourth-order valence-electron chi connectivity index (χ4n) is 5.61. The van der Waals surface area contributed by atoms with Crippen LogP contribution in [0.4, 0.5) is 8.78 Å². The van der Waals surface area contributed by atoms with Crippen LogP contribution in [0.5, 0.6) is 11.5 Å². The predicted octanol–water partition coefficient (Wildman–Crippen LogP) is 7.19. The SMILES string of the molecule is CCCCn1c(-c2ccccc2)nc(-c2ccccc2)c1CN(Cc1ccc(S(N)(=O)=O)cc1)Cc1ccc2c(c1)OC(F)(F)O2. The Morgan fingerprint density at radius 3 is 2.07 bits per heavy atom. The van der Waals surface area contributed by atoms with Crippen LogP contribution in [0.1, 0.15) is 36.6 Å². The highest BCUT2D eigenvalue weighted by atomic mass is 32.2. The highest BCUT2D eigenvalue weighted by molar-refractivity contribution is 7.89. The molecule has 4 aromatic carbocycles. The van der Waals surface area contributed by atoms with Crippen molar-refractivity contribution in [3.05, 3.63) is 120 Å². The third-order valence-electron chi connectivity index (χ3n) is 7.79. The third kappa shape index (κ3) is 7.12. The van der Waals surface area contributed by atoms with Crippen molar-refractivity contribution in [2.75, 3.05) is 0 Å². The van der Waals surface area contributed by atoms with Gasteiger partial charge in [-0.2, -0.15) is 0 Å². The van der Waals surface area contributed by atoms with Crippen LogP contribution in [0.15, 0.2) is 108 Å². The maximum absolute atomic E-state index is 13.8. The molecule has 0 radical (unpaired) electrons. The second-order valence-electron chi connectivity index (χ2n) is 11.3. The molecule has 0 aliphatic carbocycles. The number of unbranched alkanes of at least 4 members (excludes halogenated alkanes) is 1. The summed E-state index contributed by atoms with van der Waals surface area (Å²) in [5.74, 6) is 0.824. The zero-order valence-corrected chi connectivity index (χ0v) is 26.1. The normalized spacial score (nSPS) is 13.8. The summed E-state index contributed by atoms with van der Waals surface area (Å²) in [5.41, 5.74) is 5.44. The predicted molar refractivity (Wildman–Crippen MR) is 171 cm³/mol. The average Bonchev–Trinajstić information content (AvgIpc) is 3.55. The minimum atomic E-state index is -3.85. The Labute approximate surface area is 267 Å². The molecule has 0 amide bonds. The molecule has 8 nitrogen and oxygen atoms in total. The average molecular weight is 645 g/mol. The molecule has 0 atom stereocenters. The highest BCUT2D eigenvalue weighted by Crippen LogP contribution is 2.41. The zero-order valence-electron chi connectivity index (χ0n) is 25.3. The molecule has 0 bridgehead atoms. The van der Waals surface area contributed by atoms with Crippen molar-refractivity contribution in [2.45, 2.75) is 57.1 Å². The third-order valence-corrected chi connectivity index (χ3v) is 8.72. The molecule has 2 heterocycles. The van der Waals surface area contributed by atoms with Crippen LogP contribution in [0.2, 0.25) is 0 Å². The van der Waals surface area contributed by atoms with E-state index in [9.17, 15) is 17.2 Å². The molecule has 0 spiro atoms. The van der Waals surface area contributed by atoms with Gasteiger partial charge in [-0.15, -0.1) is 8.78 Å². The van der Waals surface area contributed by atoms with Crippen molar-refractivity contribution in [3.8, 4) is 34.1 Å². The monoisotopic (exact) mass is 644 g/mol. The van der Waals surface area contributed by atoms with E-state index in [-0.39, 0.29) is 16.4 Å². The van der Waals surface area contributed by atoms with Crippen LogP contribution >= 0.6 is 0 Å². The van der Waals surface area contributed by atoms with Gasteiger partial charge in [-0.1, -0.05) is 92.2 Å². The number of ether oxygens (including phenoxy) is 2. The lowest BCUT2D eigenvalue weighted by atomic mass is 10.1. The van der Waals surface area contributed by atoms with Crippen molar-refractivity contribution < 1.29 is 26.7 Å². The maximum atomic E-state index is 13.8. The van der Waals surface area contributed by atoms with Gasteiger partial charge in [-0.05, 0) is 41.8 Å². The van der Waals surface area contributed by atoms with Gasteiger partial charge in [0, 0.05) is 37.3 Å². The smallest absolute Gasteiger partial charge is 0.395 e. The first-order valence-corrected chi connectivity index (χ1v) is 16.6. The molecule has 238 valence electrons. The van der Waals surface area contributed by atoms with Gasteiger partial charge >= 0.3 is 6.29 Å². The number of nitrogens with two attached hydrogens (primary N) is 1. The molecule has 6 rings (SSSR count). The molecule has 0 fully saturated rings. The van der Waals surface area contributed by atoms with E-state index in [1.165, 1.54) is 18.2 Å². The summed E-state index contributed by atoms with van der Waals surface area (Å²) in [4.78, 5) is 7.40. The van der Waals surface area contributed by atoms with Crippen molar-refractivity contribution in [1.82, 2.24) is 14.5 Å². The summed E-state index contributed by atoms with van der Waals surface area (Å²) in [7, 11) is -3.85. The molecular formula is C35H34F2N4O4S. The molecule has 1 aliphatic heterocycles. The number of benzene rings is 4. The van der Waals surface area contributed by atoms with Gasteiger partial charge in [0.1, 0.15) is 5.82 Å². The van der Waals surface area contributed by atoms with E-state index in [1.807, 2.05) is 48.5 Å².